The molecule has 0 unspecified atom stereocenters. The Morgan fingerprint density at radius 2 is 0.922 bits per heavy atom. The van der Waals surface area contributed by atoms with Crippen LogP contribution in [0, 0.1) is 13.8 Å². The normalized spacial score (nSPS) is 14.9. The Morgan fingerprint density at radius 1 is 0.451 bits per heavy atom. The molecule has 8 aromatic carbocycles. The van der Waals surface area contributed by atoms with E-state index in [0.717, 1.165) is 0 Å². The van der Waals surface area contributed by atoms with Gasteiger partial charge in [0.25, 0.3) is 0 Å². The van der Waals surface area contributed by atoms with Gasteiger partial charge in [-0.2, -0.15) is 10.0 Å². The molecule has 0 aromatic heterocycles. The zero-order valence-electron chi connectivity index (χ0n) is 30.6. The minimum atomic E-state index is -1.36. The first-order valence-electron chi connectivity index (χ1n) is 17.9. The summed E-state index contributed by atoms with van der Waals surface area (Å²) in [6.07, 6.45) is 4.88. The summed E-state index contributed by atoms with van der Waals surface area (Å²) < 4.78 is 0. The van der Waals surface area contributed by atoms with Gasteiger partial charge < -0.3 is 9.80 Å². The van der Waals surface area contributed by atoms with Gasteiger partial charge in [0.1, 0.15) is 0 Å². The number of aryl methyl sites for hydroxylation is 2. The molecule has 8 aromatic rings. The highest BCUT2D eigenvalue weighted by molar-refractivity contribution is 8.32. The first-order valence-corrected chi connectivity index (χ1v) is 20.4. The highest BCUT2D eigenvalue weighted by atomic mass is 32.3. The summed E-state index contributed by atoms with van der Waals surface area (Å²) >= 11 is 0. The molecule has 2 nitrogen and oxygen atoms in total. The smallest absolute Gasteiger partial charge is 0.0561 e. The van der Waals surface area contributed by atoms with Crippen molar-refractivity contribution in [2.75, 3.05) is 22.3 Å². The van der Waals surface area contributed by atoms with Crippen molar-refractivity contribution < 1.29 is 0 Å². The van der Waals surface area contributed by atoms with E-state index in [2.05, 4.69) is 196 Å². The first-order chi connectivity index (χ1) is 24.5. The zero-order chi connectivity index (χ0) is 35.2. The Kier molecular flexibility index (Phi) is 7.08. The van der Waals surface area contributed by atoms with E-state index >= 15 is 0 Å². The fourth-order valence-electron chi connectivity index (χ4n) is 8.14. The number of nitrogens with zero attached hydrogens (tertiary/aromatic N) is 2. The van der Waals surface area contributed by atoms with Crippen LogP contribution in [0.3, 0.4) is 0 Å². The van der Waals surface area contributed by atoms with Gasteiger partial charge in [-0.15, -0.1) is 0 Å². The number of anilines is 6. The van der Waals surface area contributed by atoms with Crippen molar-refractivity contribution in [2.45, 2.75) is 49.8 Å². The molecule has 0 spiro atoms. The van der Waals surface area contributed by atoms with Crippen LogP contribution in [0.5, 0.6) is 0 Å². The molecule has 51 heavy (non-hydrogen) atoms. The van der Waals surface area contributed by atoms with Crippen molar-refractivity contribution in [1.82, 2.24) is 0 Å². The highest BCUT2D eigenvalue weighted by Gasteiger charge is 2.29. The molecule has 1 aliphatic heterocycles. The van der Waals surface area contributed by atoms with Crippen molar-refractivity contribution in [3.63, 3.8) is 0 Å². The quantitative estimate of drug-likeness (QED) is 0.168. The maximum Gasteiger partial charge on any atom is 0.0561 e. The lowest BCUT2D eigenvalue weighted by Crippen LogP contribution is -2.17. The maximum absolute atomic E-state index is 2.52. The van der Waals surface area contributed by atoms with Crippen LogP contribution >= 0.6 is 10.0 Å². The number of rotatable bonds is 2. The van der Waals surface area contributed by atoms with Gasteiger partial charge in [-0.1, -0.05) is 106 Å². The van der Waals surface area contributed by atoms with Gasteiger partial charge >= 0.3 is 0 Å². The second-order valence-electron chi connectivity index (χ2n) is 15.6. The van der Waals surface area contributed by atoms with Crippen molar-refractivity contribution in [3.8, 4) is 0 Å². The highest BCUT2D eigenvalue weighted by Crippen LogP contribution is 2.59. The molecule has 1 heterocycles. The van der Waals surface area contributed by atoms with Crippen LogP contribution in [0.2, 0.25) is 0 Å². The van der Waals surface area contributed by atoms with E-state index in [-0.39, 0.29) is 5.41 Å². The topological polar surface area (TPSA) is 6.48 Å². The lowest BCUT2D eigenvalue weighted by molar-refractivity contribution is 0.591. The average molecular weight is 681 g/mol. The lowest BCUT2D eigenvalue weighted by atomic mass is 9.83. The Labute approximate surface area is 303 Å². The summed E-state index contributed by atoms with van der Waals surface area (Å²) in [5, 5.41) is 7.73. The molecule has 0 N–H and O–H groups in total. The van der Waals surface area contributed by atoms with Gasteiger partial charge in [-0.25, -0.2) is 0 Å². The third-order valence-corrected chi connectivity index (χ3v) is 13.9. The number of hydrogen-bond acceptors (Lipinski definition) is 2. The SMILES string of the molecule is Cc1ccccc1N1c2cccc(c2)S(C)(C)c2cccc(c2)N(c2ccccc2C)c2cc1c1ccc3cc(C(C)(C)C)cc4ccc2c1c34. The van der Waals surface area contributed by atoms with E-state index in [1.807, 2.05) is 0 Å². The van der Waals surface area contributed by atoms with Gasteiger partial charge in [0.05, 0.1) is 11.4 Å². The number of fused-ring (bicyclic) bond motifs is 8. The summed E-state index contributed by atoms with van der Waals surface area (Å²) in [6, 6.07) is 53.1. The molecule has 0 fully saturated rings. The van der Waals surface area contributed by atoms with Crippen LogP contribution in [0.25, 0.3) is 32.3 Å². The van der Waals surface area contributed by atoms with Gasteiger partial charge in [0.2, 0.25) is 0 Å². The Balaban J connectivity index is 1.52. The van der Waals surface area contributed by atoms with Crippen LogP contribution in [-0.2, 0) is 5.41 Å². The Morgan fingerprint density at radius 3 is 1.37 bits per heavy atom. The van der Waals surface area contributed by atoms with Crippen LogP contribution in [0.4, 0.5) is 34.1 Å². The first kappa shape index (κ1) is 31.7. The molecule has 0 saturated heterocycles. The third kappa shape index (κ3) is 4.93. The molecule has 0 aliphatic carbocycles. The molecule has 0 radical (unpaired) electrons. The summed E-state index contributed by atoms with van der Waals surface area (Å²) in [4.78, 5) is 7.78. The van der Waals surface area contributed by atoms with Crippen molar-refractivity contribution >= 4 is 76.5 Å². The van der Waals surface area contributed by atoms with Crippen LogP contribution < -0.4 is 9.80 Å². The van der Waals surface area contributed by atoms with E-state index in [4.69, 9.17) is 0 Å². The molecule has 9 rings (SSSR count). The zero-order valence-corrected chi connectivity index (χ0v) is 31.4. The minimum absolute atomic E-state index is 0.0452. The van der Waals surface area contributed by atoms with Gasteiger partial charge in [-0.05, 0) is 129 Å². The van der Waals surface area contributed by atoms with Crippen LogP contribution in [0.1, 0.15) is 37.5 Å². The summed E-state index contributed by atoms with van der Waals surface area (Å²) in [6.45, 7) is 11.4. The maximum atomic E-state index is 2.52. The third-order valence-electron chi connectivity index (χ3n) is 11.1. The second-order valence-corrected chi connectivity index (χ2v) is 19.2. The molecule has 252 valence electrons. The molecule has 1 aliphatic rings. The fourth-order valence-corrected chi connectivity index (χ4v) is 10.1. The number of hydrogen-bond donors (Lipinski definition) is 0. The molecule has 0 atom stereocenters. The molecule has 0 amide bonds. The largest absolute Gasteiger partial charge is 0.309 e. The van der Waals surface area contributed by atoms with Crippen LogP contribution in [0.15, 0.2) is 149 Å². The predicted octanol–water partition coefficient (Wildman–Crippen LogP) is 14.2. The summed E-state index contributed by atoms with van der Waals surface area (Å²) in [5.74, 6) is 0. The van der Waals surface area contributed by atoms with Crippen molar-refractivity contribution in [3.05, 3.63) is 156 Å². The Hall–Kier alpha value is -5.25. The van der Waals surface area contributed by atoms with Gasteiger partial charge in [0, 0.05) is 38.9 Å². The lowest BCUT2D eigenvalue weighted by Gasteiger charge is -2.38. The number of benzene rings is 8. The van der Waals surface area contributed by atoms with E-state index < -0.39 is 10.0 Å². The van der Waals surface area contributed by atoms with E-state index in [0.29, 0.717) is 0 Å². The average Bonchev–Trinajstić information content (AvgIpc) is 3.12. The molecule has 6 bridgehead atoms. The second kappa shape index (κ2) is 11.4. The standard InChI is InChI=1S/C48H44N2S/c1-31-14-8-10-20-42(31)49-36-16-12-18-38(28-36)51(6,7)39-19-13-17-37(29-39)50(43-21-11-9-15-32(43)2)45-30-44(49)40-24-22-33-26-35(48(3,4)5)27-34-23-25-41(45)47(40)46(33)34/h8-30H,1-7H3. The van der Waals surface area contributed by atoms with Crippen molar-refractivity contribution in [2.24, 2.45) is 0 Å². The molecular weight excluding hydrogens is 637 g/mol. The molecule has 0 saturated carbocycles. The van der Waals surface area contributed by atoms with Crippen LogP contribution in [-0.4, -0.2) is 12.5 Å². The minimum Gasteiger partial charge on any atom is -0.309 e. The van der Waals surface area contributed by atoms with E-state index in [1.165, 1.54) is 92.9 Å². The van der Waals surface area contributed by atoms with Gasteiger partial charge in [-0.3, -0.25) is 0 Å². The van der Waals surface area contributed by atoms with E-state index in [9.17, 15) is 0 Å². The monoisotopic (exact) mass is 680 g/mol. The predicted molar refractivity (Wildman–Crippen MR) is 224 cm³/mol. The van der Waals surface area contributed by atoms with E-state index in [1.54, 1.807) is 0 Å². The van der Waals surface area contributed by atoms with Gasteiger partial charge in [0.15, 0.2) is 0 Å². The summed E-state index contributed by atoms with van der Waals surface area (Å²) in [7, 11) is -1.36. The Bertz CT molecular complexity index is 2480. The number of para-hydroxylation sites is 2. The summed E-state index contributed by atoms with van der Waals surface area (Å²) in [5.41, 5.74) is 11.0. The fraction of sp³-hybridized carbons (Fsp3) is 0.167. The van der Waals surface area contributed by atoms with Crippen molar-refractivity contribution in [1.29, 1.82) is 0 Å². The molecular formula is C48H44N2S. The molecule has 3 heteroatoms.